The summed E-state index contributed by atoms with van der Waals surface area (Å²) in [5.74, 6) is 1.20. The maximum Gasteiger partial charge on any atom is 0.219 e. The van der Waals surface area contributed by atoms with Crippen LogP contribution in [-0.4, -0.2) is 11.3 Å². The van der Waals surface area contributed by atoms with Crippen molar-refractivity contribution < 1.29 is 9.53 Å². The predicted octanol–water partition coefficient (Wildman–Crippen LogP) is 3.84. The number of aldehydes is 1. The first kappa shape index (κ1) is 11.4. The number of carbonyl (C=O) groups is 1. The van der Waals surface area contributed by atoms with Crippen LogP contribution in [0.2, 0.25) is 0 Å². The Labute approximate surface area is 110 Å². The lowest BCUT2D eigenvalue weighted by Crippen LogP contribution is -1.91. The van der Waals surface area contributed by atoms with Gasteiger partial charge in [-0.05, 0) is 24.3 Å². The molecule has 1 heterocycles. The van der Waals surface area contributed by atoms with Gasteiger partial charge in [-0.15, -0.1) is 0 Å². The van der Waals surface area contributed by atoms with Crippen molar-refractivity contribution in [3.05, 3.63) is 66.2 Å². The third kappa shape index (κ3) is 2.31. The number of hydrogen-bond acceptors (Lipinski definition) is 3. The summed E-state index contributed by atoms with van der Waals surface area (Å²) in [5.41, 5.74) is 1.22. The van der Waals surface area contributed by atoms with Gasteiger partial charge in [-0.3, -0.25) is 4.79 Å². The molecule has 0 aliphatic heterocycles. The monoisotopic (exact) mass is 249 g/mol. The molecule has 0 aliphatic carbocycles. The van der Waals surface area contributed by atoms with Gasteiger partial charge in [0.15, 0.2) is 6.29 Å². The van der Waals surface area contributed by atoms with Crippen molar-refractivity contribution >= 4 is 17.2 Å². The molecule has 0 fully saturated rings. The highest BCUT2D eigenvalue weighted by Gasteiger charge is 2.04. The molecule has 3 nitrogen and oxygen atoms in total. The Morgan fingerprint density at radius 2 is 1.74 bits per heavy atom. The summed E-state index contributed by atoms with van der Waals surface area (Å²) in [5, 5.41) is 0.921. The zero-order valence-corrected chi connectivity index (χ0v) is 10.1. The average Bonchev–Trinajstić information content (AvgIpc) is 2.47. The molecule has 19 heavy (non-hydrogen) atoms. The summed E-state index contributed by atoms with van der Waals surface area (Å²) in [7, 11) is 0. The molecule has 0 atom stereocenters. The van der Waals surface area contributed by atoms with E-state index in [0.717, 1.165) is 17.4 Å². The van der Waals surface area contributed by atoms with Crippen LogP contribution in [0.4, 0.5) is 0 Å². The number of para-hydroxylation sites is 2. The summed E-state index contributed by atoms with van der Waals surface area (Å²) in [4.78, 5) is 15.4. The van der Waals surface area contributed by atoms with Crippen LogP contribution in [0.5, 0.6) is 11.6 Å². The molecular weight excluding hydrogens is 238 g/mol. The number of fused-ring (bicyclic) bond motifs is 1. The molecule has 0 N–H and O–H groups in total. The normalized spacial score (nSPS) is 10.3. The first-order valence-corrected chi connectivity index (χ1v) is 5.95. The van der Waals surface area contributed by atoms with Crippen LogP contribution in [0.1, 0.15) is 10.4 Å². The molecule has 1 aromatic heterocycles. The molecule has 3 rings (SSSR count). The second kappa shape index (κ2) is 4.90. The van der Waals surface area contributed by atoms with Gasteiger partial charge in [-0.25, -0.2) is 4.98 Å². The Morgan fingerprint density at radius 3 is 2.53 bits per heavy atom. The fraction of sp³-hybridized carbons (Fsp3) is 0. The Hall–Kier alpha value is -2.68. The molecule has 0 radical (unpaired) electrons. The fourth-order valence-electron chi connectivity index (χ4n) is 1.91. The minimum atomic E-state index is 0.480. The SMILES string of the molecule is O=Cc1cccc2ccc(Oc3ccccc3)nc12. The summed E-state index contributed by atoms with van der Waals surface area (Å²) in [6.07, 6.45) is 0.807. The lowest BCUT2D eigenvalue weighted by atomic mass is 10.1. The number of pyridine rings is 1. The molecule has 3 aromatic rings. The zero-order chi connectivity index (χ0) is 13.1. The van der Waals surface area contributed by atoms with Crippen LogP contribution < -0.4 is 4.74 Å². The Morgan fingerprint density at radius 1 is 0.895 bits per heavy atom. The number of aromatic nitrogens is 1. The van der Waals surface area contributed by atoms with E-state index in [0.29, 0.717) is 17.0 Å². The van der Waals surface area contributed by atoms with E-state index >= 15 is 0 Å². The largest absolute Gasteiger partial charge is 0.439 e. The van der Waals surface area contributed by atoms with E-state index in [4.69, 9.17) is 4.74 Å². The average molecular weight is 249 g/mol. The number of hydrogen-bond donors (Lipinski definition) is 0. The minimum absolute atomic E-state index is 0.480. The third-order valence-corrected chi connectivity index (χ3v) is 2.82. The zero-order valence-electron chi connectivity index (χ0n) is 10.1. The molecule has 0 amide bonds. The Kier molecular flexibility index (Phi) is 2.94. The van der Waals surface area contributed by atoms with Gasteiger partial charge in [0.05, 0.1) is 5.52 Å². The molecule has 0 unspecified atom stereocenters. The molecule has 0 bridgehead atoms. The highest BCUT2D eigenvalue weighted by molar-refractivity contribution is 5.95. The lowest BCUT2D eigenvalue weighted by Gasteiger charge is -2.06. The van der Waals surface area contributed by atoms with Crippen molar-refractivity contribution in [2.24, 2.45) is 0 Å². The summed E-state index contributed by atoms with van der Waals surface area (Å²) >= 11 is 0. The number of ether oxygens (including phenoxy) is 1. The first-order valence-electron chi connectivity index (χ1n) is 5.95. The highest BCUT2D eigenvalue weighted by Crippen LogP contribution is 2.23. The third-order valence-electron chi connectivity index (χ3n) is 2.82. The van der Waals surface area contributed by atoms with Crippen LogP contribution in [0.3, 0.4) is 0 Å². The van der Waals surface area contributed by atoms with Crippen molar-refractivity contribution in [2.75, 3.05) is 0 Å². The highest BCUT2D eigenvalue weighted by atomic mass is 16.5. The van der Waals surface area contributed by atoms with Crippen molar-refractivity contribution in [3.8, 4) is 11.6 Å². The van der Waals surface area contributed by atoms with Crippen LogP contribution in [-0.2, 0) is 0 Å². The molecule has 3 heteroatoms. The van der Waals surface area contributed by atoms with Gasteiger partial charge >= 0.3 is 0 Å². The second-order valence-electron chi connectivity index (χ2n) is 4.10. The second-order valence-corrected chi connectivity index (χ2v) is 4.10. The number of benzene rings is 2. The first-order chi connectivity index (χ1) is 9.36. The standard InChI is InChI=1S/C16H11NO2/c18-11-13-6-4-5-12-9-10-15(17-16(12)13)19-14-7-2-1-3-8-14/h1-11H. The summed E-state index contributed by atoms with van der Waals surface area (Å²) in [6, 6.07) is 18.6. The van der Waals surface area contributed by atoms with Crippen LogP contribution in [0, 0.1) is 0 Å². The van der Waals surface area contributed by atoms with E-state index in [-0.39, 0.29) is 0 Å². The molecule has 0 aliphatic rings. The smallest absolute Gasteiger partial charge is 0.219 e. The van der Waals surface area contributed by atoms with Gasteiger partial charge in [-0.1, -0.05) is 30.3 Å². The van der Waals surface area contributed by atoms with E-state index in [2.05, 4.69) is 4.98 Å². The molecule has 0 saturated carbocycles. The van der Waals surface area contributed by atoms with Crippen molar-refractivity contribution in [3.63, 3.8) is 0 Å². The van der Waals surface area contributed by atoms with Crippen LogP contribution in [0.25, 0.3) is 10.9 Å². The molecule has 0 spiro atoms. The Bertz CT molecular complexity index is 723. The quantitative estimate of drug-likeness (QED) is 0.662. The van der Waals surface area contributed by atoms with E-state index < -0.39 is 0 Å². The van der Waals surface area contributed by atoms with Crippen molar-refractivity contribution in [1.29, 1.82) is 0 Å². The number of carbonyl (C=O) groups excluding carboxylic acids is 1. The van der Waals surface area contributed by atoms with Gasteiger partial charge < -0.3 is 4.74 Å². The van der Waals surface area contributed by atoms with Gasteiger partial charge in [0, 0.05) is 17.0 Å². The minimum Gasteiger partial charge on any atom is -0.439 e. The maximum atomic E-state index is 11.0. The summed E-state index contributed by atoms with van der Waals surface area (Å²) in [6.45, 7) is 0. The number of rotatable bonds is 3. The van der Waals surface area contributed by atoms with Gasteiger partial charge in [0.1, 0.15) is 5.75 Å². The van der Waals surface area contributed by atoms with Crippen molar-refractivity contribution in [2.45, 2.75) is 0 Å². The molecule has 92 valence electrons. The molecule has 2 aromatic carbocycles. The topological polar surface area (TPSA) is 39.2 Å². The number of nitrogens with zero attached hydrogens (tertiary/aromatic N) is 1. The summed E-state index contributed by atoms with van der Waals surface area (Å²) < 4.78 is 5.66. The van der Waals surface area contributed by atoms with E-state index in [1.165, 1.54) is 0 Å². The lowest BCUT2D eigenvalue weighted by molar-refractivity contribution is 0.112. The van der Waals surface area contributed by atoms with Crippen LogP contribution >= 0.6 is 0 Å². The maximum absolute atomic E-state index is 11.0. The van der Waals surface area contributed by atoms with Gasteiger partial charge in [-0.2, -0.15) is 0 Å². The van der Waals surface area contributed by atoms with Crippen LogP contribution in [0.15, 0.2) is 60.7 Å². The fourth-order valence-corrected chi connectivity index (χ4v) is 1.91. The van der Waals surface area contributed by atoms with Crippen molar-refractivity contribution in [1.82, 2.24) is 4.98 Å². The Balaban J connectivity index is 2.04. The predicted molar refractivity (Wildman–Crippen MR) is 73.6 cm³/mol. The van der Waals surface area contributed by atoms with Gasteiger partial charge in [0.25, 0.3) is 0 Å². The molecule has 0 saturated heterocycles. The van der Waals surface area contributed by atoms with Gasteiger partial charge in [0.2, 0.25) is 5.88 Å². The van der Waals surface area contributed by atoms with E-state index in [1.807, 2.05) is 48.5 Å². The molecular formula is C16H11NO2. The van der Waals surface area contributed by atoms with E-state index in [9.17, 15) is 4.79 Å². The van der Waals surface area contributed by atoms with E-state index in [1.54, 1.807) is 12.1 Å².